The predicted octanol–water partition coefficient (Wildman–Crippen LogP) is 5.36. The Kier molecular flexibility index (Phi) is 4.87. The van der Waals surface area contributed by atoms with E-state index in [1.54, 1.807) is 19.1 Å². The molecule has 1 aromatic carbocycles. The van der Waals surface area contributed by atoms with E-state index in [2.05, 4.69) is 5.16 Å². The summed E-state index contributed by atoms with van der Waals surface area (Å²) in [7, 11) is 0. The first-order chi connectivity index (χ1) is 14.5. The molecule has 0 aliphatic heterocycles. The lowest BCUT2D eigenvalue weighted by atomic mass is 10.1. The molecule has 0 radical (unpaired) electrons. The van der Waals surface area contributed by atoms with Gasteiger partial charge in [0.15, 0.2) is 0 Å². The van der Waals surface area contributed by atoms with E-state index in [9.17, 15) is 9.59 Å². The number of rotatable bonds is 4. The summed E-state index contributed by atoms with van der Waals surface area (Å²) < 4.78 is 12.7. The predicted molar refractivity (Wildman–Crippen MR) is 117 cm³/mol. The Morgan fingerprint density at radius 3 is 2.97 bits per heavy atom. The van der Waals surface area contributed by atoms with Gasteiger partial charge >= 0.3 is 5.97 Å². The maximum atomic E-state index is 13.4. The number of pyridine rings is 1. The Morgan fingerprint density at radius 2 is 2.17 bits per heavy atom. The van der Waals surface area contributed by atoms with Crippen LogP contribution in [0.1, 0.15) is 40.7 Å². The number of halogens is 1. The highest BCUT2D eigenvalue weighted by molar-refractivity contribution is 7.11. The van der Waals surface area contributed by atoms with Gasteiger partial charge in [0.25, 0.3) is 5.56 Å². The smallest absolute Gasteiger partial charge is 0.348 e. The fourth-order valence-electron chi connectivity index (χ4n) is 4.43. The van der Waals surface area contributed by atoms with E-state index in [0.717, 1.165) is 30.2 Å². The first kappa shape index (κ1) is 19.3. The number of hydrogen-bond acceptors (Lipinski definition) is 6. The lowest BCUT2D eigenvalue weighted by Crippen LogP contribution is -2.25. The third-order valence-electron chi connectivity index (χ3n) is 5.83. The van der Waals surface area contributed by atoms with E-state index in [1.165, 1.54) is 11.3 Å². The summed E-state index contributed by atoms with van der Waals surface area (Å²) in [5.41, 5.74) is 1.16. The number of hydrogen-bond donors (Lipinski definition) is 0. The Hall–Kier alpha value is -2.64. The highest BCUT2D eigenvalue weighted by Crippen LogP contribution is 2.38. The molecule has 1 aliphatic rings. The number of carbonyl (C=O) groups excluding carboxylic acids is 1. The fraction of sp³-hybridized carbons (Fsp3) is 0.318. The second-order valence-electron chi connectivity index (χ2n) is 7.68. The van der Waals surface area contributed by atoms with Crippen molar-refractivity contribution in [2.75, 3.05) is 6.61 Å². The molecule has 0 bridgehead atoms. The van der Waals surface area contributed by atoms with E-state index in [4.69, 9.17) is 20.9 Å². The topological polar surface area (TPSA) is 74.3 Å². The molecule has 1 aliphatic carbocycles. The molecule has 154 valence electrons. The monoisotopic (exact) mass is 442 g/mol. The van der Waals surface area contributed by atoms with Crippen LogP contribution in [0.25, 0.3) is 21.8 Å². The summed E-state index contributed by atoms with van der Waals surface area (Å²) in [4.78, 5) is 26.1. The van der Waals surface area contributed by atoms with Crippen LogP contribution in [0.4, 0.5) is 0 Å². The maximum absolute atomic E-state index is 13.4. The van der Waals surface area contributed by atoms with Crippen LogP contribution in [0.15, 0.2) is 45.0 Å². The zero-order valence-corrected chi connectivity index (χ0v) is 17.8. The highest BCUT2D eigenvalue weighted by Gasteiger charge is 2.30. The molecule has 30 heavy (non-hydrogen) atoms. The lowest BCUT2D eigenvalue weighted by Gasteiger charge is -2.18. The number of carbonyl (C=O) groups is 1. The summed E-state index contributed by atoms with van der Waals surface area (Å²) in [5, 5.41) is 7.70. The average Bonchev–Trinajstić information content (AvgIpc) is 3.48. The summed E-state index contributed by atoms with van der Waals surface area (Å²) >= 11 is 7.86. The number of aromatic nitrogens is 2. The Balaban J connectivity index is 1.47. The van der Waals surface area contributed by atoms with Crippen molar-refractivity contribution in [2.45, 2.75) is 32.2 Å². The van der Waals surface area contributed by atoms with Gasteiger partial charge in [-0.2, -0.15) is 0 Å². The zero-order chi connectivity index (χ0) is 20.8. The third-order valence-corrected chi connectivity index (χ3v) is 7.00. The number of ether oxygens (including phenoxy) is 1. The summed E-state index contributed by atoms with van der Waals surface area (Å²) in [6.45, 7) is 2.10. The van der Waals surface area contributed by atoms with Crippen LogP contribution in [0.2, 0.25) is 5.02 Å². The molecular formula is C22H19ClN2O4S. The van der Waals surface area contributed by atoms with Gasteiger partial charge in [-0.3, -0.25) is 4.79 Å². The molecule has 0 spiro atoms. The number of aryl methyl sites for hydroxylation is 1. The molecule has 0 unspecified atom stereocenters. The molecule has 5 rings (SSSR count). The van der Waals surface area contributed by atoms with Gasteiger partial charge in [0, 0.05) is 11.4 Å². The molecule has 3 aromatic heterocycles. The van der Waals surface area contributed by atoms with Gasteiger partial charge in [-0.15, -0.1) is 11.3 Å². The quantitative estimate of drug-likeness (QED) is 0.397. The van der Waals surface area contributed by atoms with Crippen LogP contribution < -0.4 is 5.56 Å². The SMILES string of the molecule is Cc1onc2c1c(=O)n([C@@H]1CC[C@H](COC(=O)c3cccs3)C1)c1cccc(Cl)c21. The largest absolute Gasteiger partial charge is 0.461 e. The van der Waals surface area contributed by atoms with E-state index >= 15 is 0 Å². The highest BCUT2D eigenvalue weighted by atomic mass is 35.5. The van der Waals surface area contributed by atoms with E-state index in [-0.39, 0.29) is 23.5 Å². The van der Waals surface area contributed by atoms with Gasteiger partial charge in [0.05, 0.1) is 17.1 Å². The van der Waals surface area contributed by atoms with Crippen molar-refractivity contribution in [1.29, 1.82) is 0 Å². The van der Waals surface area contributed by atoms with Crippen LogP contribution in [-0.4, -0.2) is 22.3 Å². The van der Waals surface area contributed by atoms with E-state index < -0.39 is 0 Å². The molecule has 0 N–H and O–H groups in total. The molecule has 1 fully saturated rings. The van der Waals surface area contributed by atoms with Gasteiger partial charge in [-0.05, 0) is 55.7 Å². The molecule has 2 atom stereocenters. The molecular weight excluding hydrogens is 424 g/mol. The van der Waals surface area contributed by atoms with Crippen molar-refractivity contribution in [2.24, 2.45) is 5.92 Å². The van der Waals surface area contributed by atoms with Gasteiger partial charge in [0.1, 0.15) is 21.5 Å². The minimum atomic E-state index is -0.288. The molecule has 0 amide bonds. The Morgan fingerprint density at radius 1 is 1.30 bits per heavy atom. The fourth-order valence-corrected chi connectivity index (χ4v) is 5.30. The van der Waals surface area contributed by atoms with Gasteiger partial charge in [-0.1, -0.05) is 28.9 Å². The van der Waals surface area contributed by atoms with Crippen molar-refractivity contribution in [3.05, 3.63) is 61.7 Å². The number of esters is 1. The van der Waals surface area contributed by atoms with Crippen molar-refractivity contribution in [3.8, 4) is 0 Å². The maximum Gasteiger partial charge on any atom is 0.348 e. The average molecular weight is 443 g/mol. The standard InChI is InChI=1S/C22H19ClN2O4S/c1-12-18-20(24-29-12)19-15(23)4-2-5-16(19)25(21(18)26)14-8-7-13(10-14)11-28-22(27)17-6-3-9-30-17/h2-6,9,13-14H,7-8,10-11H2,1H3/t13-,14+/m0/s1. The van der Waals surface area contributed by atoms with Crippen LogP contribution >= 0.6 is 22.9 Å². The van der Waals surface area contributed by atoms with Gasteiger partial charge in [0.2, 0.25) is 0 Å². The first-order valence-corrected chi connectivity index (χ1v) is 11.1. The van der Waals surface area contributed by atoms with Crippen molar-refractivity contribution in [3.63, 3.8) is 0 Å². The molecule has 6 nitrogen and oxygen atoms in total. The van der Waals surface area contributed by atoms with Crippen molar-refractivity contribution >= 4 is 50.7 Å². The van der Waals surface area contributed by atoms with Crippen LogP contribution in [-0.2, 0) is 4.74 Å². The lowest BCUT2D eigenvalue weighted by molar-refractivity contribution is 0.0446. The van der Waals surface area contributed by atoms with Gasteiger partial charge < -0.3 is 13.8 Å². The zero-order valence-electron chi connectivity index (χ0n) is 16.3. The number of fused-ring (bicyclic) bond motifs is 3. The summed E-state index contributed by atoms with van der Waals surface area (Å²) in [5.74, 6) is 0.411. The second kappa shape index (κ2) is 7.56. The first-order valence-electron chi connectivity index (χ1n) is 9.84. The summed E-state index contributed by atoms with van der Waals surface area (Å²) in [6, 6.07) is 9.13. The Labute approximate surface area is 181 Å². The third kappa shape index (κ3) is 3.13. The second-order valence-corrected chi connectivity index (χ2v) is 9.04. The molecule has 4 aromatic rings. The van der Waals surface area contributed by atoms with Crippen molar-refractivity contribution < 1.29 is 14.1 Å². The normalized spacial score (nSPS) is 19.0. The van der Waals surface area contributed by atoms with E-state index in [0.29, 0.717) is 33.2 Å². The summed E-state index contributed by atoms with van der Waals surface area (Å²) in [6.07, 6.45) is 2.48. The molecule has 8 heteroatoms. The van der Waals surface area contributed by atoms with Crippen LogP contribution in [0, 0.1) is 12.8 Å². The minimum absolute atomic E-state index is 0.00241. The number of benzene rings is 1. The minimum Gasteiger partial charge on any atom is -0.461 e. The van der Waals surface area contributed by atoms with E-state index in [1.807, 2.05) is 28.1 Å². The van der Waals surface area contributed by atoms with Crippen LogP contribution in [0.3, 0.4) is 0 Å². The van der Waals surface area contributed by atoms with Gasteiger partial charge in [-0.25, -0.2) is 4.79 Å². The molecule has 1 saturated carbocycles. The van der Waals surface area contributed by atoms with Crippen molar-refractivity contribution in [1.82, 2.24) is 9.72 Å². The molecule has 0 saturated heterocycles. The number of thiophene rings is 1. The Bertz CT molecular complexity index is 1310. The number of nitrogens with zero attached hydrogens (tertiary/aromatic N) is 2. The van der Waals surface area contributed by atoms with Crippen LogP contribution in [0.5, 0.6) is 0 Å². The molecule has 3 heterocycles.